The summed E-state index contributed by atoms with van der Waals surface area (Å²) in [5.41, 5.74) is 0.0491. The molecule has 2 fully saturated rings. The van der Waals surface area contributed by atoms with Crippen molar-refractivity contribution in [1.29, 1.82) is 0 Å². The third-order valence-electron chi connectivity index (χ3n) is 6.08. The van der Waals surface area contributed by atoms with Crippen LogP contribution in [0.3, 0.4) is 0 Å². The van der Waals surface area contributed by atoms with Gasteiger partial charge in [0.05, 0.1) is 29.5 Å². The maximum absolute atomic E-state index is 12.9. The van der Waals surface area contributed by atoms with E-state index < -0.39 is 16.8 Å². The molecule has 1 amide bonds. The van der Waals surface area contributed by atoms with Crippen molar-refractivity contribution in [2.45, 2.75) is 24.9 Å². The summed E-state index contributed by atoms with van der Waals surface area (Å²) in [5, 5.41) is 6.96. The van der Waals surface area contributed by atoms with Crippen LogP contribution in [0.4, 0.5) is 19.1 Å². The maximum atomic E-state index is 12.9. The van der Waals surface area contributed by atoms with Gasteiger partial charge in [0.2, 0.25) is 5.88 Å². The Morgan fingerprint density at radius 3 is 2.55 bits per heavy atom. The number of alkyl halides is 3. The number of rotatable bonds is 6. The van der Waals surface area contributed by atoms with E-state index in [0.717, 1.165) is 57.2 Å². The standard InChI is InChI=1S/C22H26ClF3N4O3/c23-18-13-16(1-2-17(18)22(24,25)26)21(31)30-6-3-15(4-7-30)19-14-20(33-28-19)27-5-8-29-9-11-32-12-10-29/h1-2,13-15,27H,3-12H2. The van der Waals surface area contributed by atoms with E-state index in [1.54, 1.807) is 4.90 Å². The molecule has 2 aliphatic heterocycles. The van der Waals surface area contributed by atoms with Gasteiger partial charge in [0.25, 0.3) is 5.91 Å². The second kappa shape index (κ2) is 10.3. The Balaban J connectivity index is 1.26. The van der Waals surface area contributed by atoms with Crippen molar-refractivity contribution in [3.63, 3.8) is 0 Å². The Hall–Kier alpha value is -2.30. The summed E-state index contributed by atoms with van der Waals surface area (Å²) in [6.45, 7) is 5.99. The first-order valence-corrected chi connectivity index (χ1v) is 11.4. The number of nitrogens with one attached hydrogen (secondary N) is 1. The van der Waals surface area contributed by atoms with Gasteiger partial charge in [-0.15, -0.1) is 0 Å². The number of piperidine rings is 1. The minimum Gasteiger partial charge on any atom is -0.379 e. The van der Waals surface area contributed by atoms with E-state index in [1.807, 2.05) is 6.07 Å². The fourth-order valence-corrected chi connectivity index (χ4v) is 4.45. The van der Waals surface area contributed by atoms with Gasteiger partial charge >= 0.3 is 6.18 Å². The highest BCUT2D eigenvalue weighted by Crippen LogP contribution is 2.35. The molecule has 11 heteroatoms. The molecule has 1 aromatic carbocycles. The molecule has 0 saturated carbocycles. The van der Waals surface area contributed by atoms with Crippen molar-refractivity contribution in [2.24, 2.45) is 0 Å². The fourth-order valence-electron chi connectivity index (χ4n) is 4.17. The number of nitrogens with zero attached hydrogens (tertiary/aromatic N) is 3. The molecule has 0 bridgehead atoms. The van der Waals surface area contributed by atoms with Crippen LogP contribution in [0.15, 0.2) is 28.8 Å². The molecule has 3 heterocycles. The number of carbonyl (C=O) groups is 1. The average molecular weight is 487 g/mol. The smallest absolute Gasteiger partial charge is 0.379 e. The topological polar surface area (TPSA) is 70.8 Å². The number of hydrogen-bond donors (Lipinski definition) is 1. The number of ether oxygens (including phenoxy) is 1. The van der Waals surface area contributed by atoms with Gasteiger partial charge in [-0.2, -0.15) is 13.2 Å². The number of halogens is 4. The third-order valence-corrected chi connectivity index (χ3v) is 6.39. The Morgan fingerprint density at radius 1 is 1.15 bits per heavy atom. The molecule has 0 radical (unpaired) electrons. The average Bonchev–Trinajstić information content (AvgIpc) is 3.27. The Kier molecular flexibility index (Phi) is 7.45. The first-order valence-electron chi connectivity index (χ1n) is 11.0. The zero-order valence-electron chi connectivity index (χ0n) is 18.0. The highest BCUT2D eigenvalue weighted by molar-refractivity contribution is 6.31. The summed E-state index contributed by atoms with van der Waals surface area (Å²) in [7, 11) is 0. The van der Waals surface area contributed by atoms with Crippen LogP contribution in [0.5, 0.6) is 0 Å². The normalized spacial score (nSPS) is 18.5. The molecule has 0 unspecified atom stereocenters. The minimum absolute atomic E-state index is 0.152. The number of likely N-dealkylation sites (tertiary alicyclic amines) is 1. The molecule has 0 aliphatic carbocycles. The molecular weight excluding hydrogens is 461 g/mol. The quantitative estimate of drug-likeness (QED) is 0.662. The van der Waals surface area contributed by atoms with Gasteiger partial charge in [-0.05, 0) is 31.0 Å². The van der Waals surface area contributed by atoms with Gasteiger partial charge in [-0.3, -0.25) is 9.69 Å². The lowest BCUT2D eigenvalue weighted by atomic mass is 9.93. The Bertz CT molecular complexity index is 955. The number of morpholine rings is 1. The predicted molar refractivity (Wildman–Crippen MR) is 117 cm³/mol. The van der Waals surface area contributed by atoms with E-state index in [1.165, 1.54) is 6.07 Å². The number of amides is 1. The van der Waals surface area contributed by atoms with Gasteiger partial charge in [-0.25, -0.2) is 0 Å². The molecule has 7 nitrogen and oxygen atoms in total. The number of benzene rings is 1. The molecule has 0 atom stereocenters. The number of aromatic nitrogens is 1. The largest absolute Gasteiger partial charge is 0.417 e. The van der Waals surface area contributed by atoms with Crippen molar-refractivity contribution in [3.05, 3.63) is 46.1 Å². The summed E-state index contributed by atoms with van der Waals surface area (Å²) in [4.78, 5) is 16.7. The lowest BCUT2D eigenvalue weighted by Crippen LogP contribution is -2.38. The predicted octanol–water partition coefficient (Wildman–Crippen LogP) is 4.11. The lowest BCUT2D eigenvalue weighted by Gasteiger charge is -2.31. The first-order chi connectivity index (χ1) is 15.8. The third kappa shape index (κ3) is 5.99. The van der Waals surface area contributed by atoms with Crippen LogP contribution in [0.25, 0.3) is 0 Å². The van der Waals surface area contributed by atoms with Crippen LogP contribution in [-0.2, 0) is 10.9 Å². The zero-order valence-corrected chi connectivity index (χ0v) is 18.8. The first kappa shape index (κ1) is 23.8. The van der Waals surface area contributed by atoms with Crippen LogP contribution >= 0.6 is 11.6 Å². The van der Waals surface area contributed by atoms with Crippen LogP contribution < -0.4 is 5.32 Å². The van der Waals surface area contributed by atoms with Gasteiger partial charge in [0.15, 0.2) is 0 Å². The highest BCUT2D eigenvalue weighted by atomic mass is 35.5. The molecule has 0 spiro atoms. The maximum Gasteiger partial charge on any atom is 0.417 e. The number of carbonyl (C=O) groups excluding carboxylic acids is 1. The van der Waals surface area contributed by atoms with Crippen molar-refractivity contribution in [3.8, 4) is 0 Å². The van der Waals surface area contributed by atoms with Crippen molar-refractivity contribution < 1.29 is 27.2 Å². The summed E-state index contributed by atoms with van der Waals surface area (Å²) in [6, 6.07) is 5.02. The van der Waals surface area contributed by atoms with E-state index >= 15 is 0 Å². The minimum atomic E-state index is -4.55. The van der Waals surface area contributed by atoms with Crippen LogP contribution in [0, 0.1) is 0 Å². The molecule has 2 aliphatic rings. The van der Waals surface area contributed by atoms with E-state index in [9.17, 15) is 18.0 Å². The van der Waals surface area contributed by atoms with Crippen LogP contribution in [0.2, 0.25) is 5.02 Å². The summed E-state index contributed by atoms with van der Waals surface area (Å²) in [6.07, 6.45) is -3.16. The Labute approximate surface area is 194 Å². The zero-order chi connectivity index (χ0) is 23.4. The molecule has 2 aromatic rings. The summed E-state index contributed by atoms with van der Waals surface area (Å²) in [5.74, 6) is 0.453. The highest BCUT2D eigenvalue weighted by Gasteiger charge is 2.34. The van der Waals surface area contributed by atoms with E-state index in [4.69, 9.17) is 20.9 Å². The van der Waals surface area contributed by atoms with Gasteiger partial charge in [-0.1, -0.05) is 16.8 Å². The molecule has 1 N–H and O–H groups in total. The molecule has 4 rings (SSSR count). The summed E-state index contributed by atoms with van der Waals surface area (Å²) >= 11 is 5.76. The second-order valence-electron chi connectivity index (χ2n) is 8.26. The SMILES string of the molecule is O=C(c1ccc(C(F)(F)F)c(Cl)c1)N1CCC(c2cc(NCCN3CCOCC3)on2)CC1. The van der Waals surface area contributed by atoms with Crippen molar-refractivity contribution >= 4 is 23.4 Å². The van der Waals surface area contributed by atoms with Crippen molar-refractivity contribution in [2.75, 3.05) is 57.8 Å². The van der Waals surface area contributed by atoms with Gasteiger partial charge < -0.3 is 19.5 Å². The molecule has 2 saturated heterocycles. The van der Waals surface area contributed by atoms with Gasteiger partial charge in [0, 0.05) is 56.8 Å². The molecule has 1 aromatic heterocycles. The van der Waals surface area contributed by atoms with Gasteiger partial charge in [0.1, 0.15) is 0 Å². The number of hydrogen-bond acceptors (Lipinski definition) is 6. The van der Waals surface area contributed by atoms with Crippen molar-refractivity contribution in [1.82, 2.24) is 15.0 Å². The lowest BCUT2D eigenvalue weighted by molar-refractivity contribution is -0.137. The van der Waals surface area contributed by atoms with Crippen LogP contribution in [0.1, 0.15) is 40.4 Å². The summed E-state index contributed by atoms with van der Waals surface area (Å²) < 4.78 is 49.4. The molecule has 180 valence electrons. The fraction of sp³-hybridized carbons (Fsp3) is 0.545. The molecular formula is C22H26ClF3N4O3. The second-order valence-corrected chi connectivity index (χ2v) is 8.66. The van der Waals surface area contributed by atoms with E-state index in [0.29, 0.717) is 31.8 Å². The Morgan fingerprint density at radius 2 is 1.88 bits per heavy atom. The molecule has 33 heavy (non-hydrogen) atoms. The van der Waals surface area contributed by atoms with Crippen LogP contribution in [-0.4, -0.2) is 73.3 Å². The monoisotopic (exact) mass is 486 g/mol. The van der Waals surface area contributed by atoms with E-state index in [-0.39, 0.29) is 17.4 Å². The van der Waals surface area contributed by atoms with E-state index in [2.05, 4.69) is 15.4 Å². The number of anilines is 1.